The Hall–Kier alpha value is -7.43. The quantitative estimate of drug-likeness (QED) is 0.180. The molecule has 2 aromatic heterocycles. The standard InChI is InChI=1S/C55H38N4/c1-54(2)42-24-10-11-25-43(42)55(44-26-12-14-30-48(44)59-47-29-13-9-21-39(47)40-22-15-28-46(55)50(40)59)45-27-16-23-41(49(45)54)53-57-51(37-19-7-4-8-20-37)56-52(58-53)38-33-31-36(32-34-38)35-17-5-3-6-18-35/h3-34H,1-2H3. The molecular weight excluding hydrogens is 717 g/mol. The minimum Gasteiger partial charge on any atom is -0.309 e. The molecule has 278 valence electrons. The van der Waals surface area contributed by atoms with E-state index in [4.69, 9.17) is 15.0 Å². The van der Waals surface area contributed by atoms with E-state index in [1.807, 2.05) is 24.3 Å². The Labute approximate surface area is 343 Å². The molecule has 1 spiro atoms. The molecule has 0 N–H and O–H groups in total. The van der Waals surface area contributed by atoms with E-state index in [1.54, 1.807) is 0 Å². The maximum absolute atomic E-state index is 5.39. The molecule has 1 atom stereocenters. The molecule has 4 heteroatoms. The Bertz CT molecular complexity index is 3290. The highest BCUT2D eigenvalue weighted by molar-refractivity contribution is 6.12. The highest BCUT2D eigenvalue weighted by Crippen LogP contribution is 2.61. The van der Waals surface area contributed by atoms with Crippen molar-refractivity contribution < 1.29 is 0 Å². The number of hydrogen-bond donors (Lipinski definition) is 0. The van der Waals surface area contributed by atoms with Gasteiger partial charge in [0, 0.05) is 32.9 Å². The number of fused-ring (bicyclic) bond motifs is 11. The van der Waals surface area contributed by atoms with Crippen molar-refractivity contribution in [2.24, 2.45) is 0 Å². The van der Waals surface area contributed by atoms with E-state index >= 15 is 0 Å². The van der Waals surface area contributed by atoms with Gasteiger partial charge in [0.05, 0.1) is 22.1 Å². The van der Waals surface area contributed by atoms with Crippen LogP contribution >= 0.6 is 0 Å². The third-order valence-corrected chi connectivity index (χ3v) is 12.9. The first-order valence-electron chi connectivity index (χ1n) is 20.4. The second-order valence-electron chi connectivity index (χ2n) is 16.3. The van der Waals surface area contributed by atoms with Gasteiger partial charge < -0.3 is 4.57 Å². The minimum atomic E-state index is -0.622. The lowest BCUT2D eigenvalue weighted by atomic mass is 9.52. The van der Waals surface area contributed by atoms with Crippen LogP contribution in [0.3, 0.4) is 0 Å². The van der Waals surface area contributed by atoms with Gasteiger partial charge in [-0.1, -0.05) is 196 Å². The van der Waals surface area contributed by atoms with Crippen molar-refractivity contribution >= 4 is 21.8 Å². The van der Waals surface area contributed by atoms with Gasteiger partial charge in [0.25, 0.3) is 0 Å². The van der Waals surface area contributed by atoms with Gasteiger partial charge in [0.1, 0.15) is 0 Å². The van der Waals surface area contributed by atoms with Crippen molar-refractivity contribution in [3.8, 4) is 51.0 Å². The molecule has 3 heterocycles. The van der Waals surface area contributed by atoms with E-state index in [0.29, 0.717) is 17.5 Å². The molecule has 0 fully saturated rings. The summed E-state index contributed by atoms with van der Waals surface area (Å²) in [6.45, 7) is 4.74. The third-order valence-electron chi connectivity index (χ3n) is 12.9. The summed E-state index contributed by atoms with van der Waals surface area (Å²) in [6.07, 6.45) is 0. The highest BCUT2D eigenvalue weighted by atomic mass is 15.0. The van der Waals surface area contributed by atoms with Crippen molar-refractivity contribution in [3.05, 3.63) is 228 Å². The lowest BCUT2D eigenvalue weighted by molar-refractivity contribution is 0.557. The first-order valence-corrected chi connectivity index (χ1v) is 20.4. The van der Waals surface area contributed by atoms with Crippen LogP contribution in [0.4, 0.5) is 0 Å². The summed E-state index contributed by atoms with van der Waals surface area (Å²) in [5.74, 6) is 1.96. The second kappa shape index (κ2) is 12.5. The first kappa shape index (κ1) is 33.7. The Morgan fingerprint density at radius 3 is 1.64 bits per heavy atom. The maximum Gasteiger partial charge on any atom is 0.164 e. The molecule has 8 aromatic carbocycles. The number of nitrogens with zero attached hydrogens (tertiary/aromatic N) is 4. The number of para-hydroxylation sites is 3. The molecule has 10 aromatic rings. The number of aromatic nitrogens is 4. The maximum atomic E-state index is 5.39. The van der Waals surface area contributed by atoms with Crippen molar-refractivity contribution in [2.45, 2.75) is 24.7 Å². The summed E-state index contributed by atoms with van der Waals surface area (Å²) >= 11 is 0. The monoisotopic (exact) mass is 754 g/mol. The molecule has 0 saturated carbocycles. The predicted molar refractivity (Wildman–Crippen MR) is 240 cm³/mol. The van der Waals surface area contributed by atoms with Crippen LogP contribution < -0.4 is 0 Å². The van der Waals surface area contributed by atoms with E-state index in [-0.39, 0.29) is 0 Å². The lowest BCUT2D eigenvalue weighted by Gasteiger charge is -2.50. The van der Waals surface area contributed by atoms with E-state index < -0.39 is 10.8 Å². The fourth-order valence-electron chi connectivity index (χ4n) is 10.4. The van der Waals surface area contributed by atoms with E-state index in [1.165, 1.54) is 66.4 Å². The molecule has 0 saturated heterocycles. The normalized spacial score (nSPS) is 15.8. The zero-order valence-electron chi connectivity index (χ0n) is 32.8. The molecule has 0 radical (unpaired) electrons. The van der Waals surface area contributed by atoms with Gasteiger partial charge in [-0.2, -0.15) is 0 Å². The van der Waals surface area contributed by atoms with Crippen molar-refractivity contribution in [1.29, 1.82) is 0 Å². The Kier molecular flexibility index (Phi) is 7.16. The lowest BCUT2D eigenvalue weighted by Crippen LogP contribution is -2.44. The SMILES string of the molecule is CC1(C)c2ccccc2C2(c3ccccc3-n3c4ccccc4c4cccc2c43)c2cccc(-c3nc(-c4ccccc4)nc(-c4ccc(-c5ccccc5)cc4)n3)c21. The fourth-order valence-corrected chi connectivity index (χ4v) is 10.4. The summed E-state index contributed by atoms with van der Waals surface area (Å²) in [4.78, 5) is 15.9. The van der Waals surface area contributed by atoms with Crippen LogP contribution in [0.1, 0.15) is 47.2 Å². The van der Waals surface area contributed by atoms with Crippen LogP contribution in [0.25, 0.3) is 72.8 Å². The molecule has 12 rings (SSSR count). The molecule has 0 bridgehead atoms. The molecule has 1 aliphatic carbocycles. The zero-order valence-corrected chi connectivity index (χ0v) is 32.8. The Morgan fingerprint density at radius 2 is 0.881 bits per heavy atom. The molecule has 1 aliphatic heterocycles. The van der Waals surface area contributed by atoms with E-state index in [2.05, 4.69) is 188 Å². The van der Waals surface area contributed by atoms with Gasteiger partial charge in [-0.25, -0.2) is 15.0 Å². The van der Waals surface area contributed by atoms with Crippen LogP contribution in [-0.4, -0.2) is 19.5 Å². The third kappa shape index (κ3) is 4.69. The van der Waals surface area contributed by atoms with Crippen molar-refractivity contribution in [3.63, 3.8) is 0 Å². The molecule has 0 amide bonds. The van der Waals surface area contributed by atoms with Gasteiger partial charge in [-0.15, -0.1) is 0 Å². The first-order chi connectivity index (χ1) is 29.0. The van der Waals surface area contributed by atoms with E-state index in [9.17, 15) is 0 Å². The average Bonchev–Trinajstić information content (AvgIpc) is 3.65. The largest absolute Gasteiger partial charge is 0.309 e. The predicted octanol–water partition coefficient (Wildman–Crippen LogP) is 13.0. The summed E-state index contributed by atoms with van der Waals surface area (Å²) < 4.78 is 2.50. The van der Waals surface area contributed by atoms with Gasteiger partial charge >= 0.3 is 0 Å². The van der Waals surface area contributed by atoms with Crippen LogP contribution in [-0.2, 0) is 10.8 Å². The number of benzene rings is 8. The molecule has 4 nitrogen and oxygen atoms in total. The average molecular weight is 755 g/mol. The summed E-state index contributed by atoms with van der Waals surface area (Å²) in [6, 6.07) is 70.0. The summed E-state index contributed by atoms with van der Waals surface area (Å²) in [5.41, 5.74) is 15.5. The zero-order chi connectivity index (χ0) is 39.3. The van der Waals surface area contributed by atoms with Gasteiger partial charge in [0.2, 0.25) is 0 Å². The molecule has 59 heavy (non-hydrogen) atoms. The van der Waals surface area contributed by atoms with E-state index in [0.717, 1.165) is 22.3 Å². The highest BCUT2D eigenvalue weighted by Gasteiger charge is 2.53. The van der Waals surface area contributed by atoms with Crippen LogP contribution in [0.2, 0.25) is 0 Å². The Balaban J connectivity index is 1.17. The summed E-state index contributed by atoms with van der Waals surface area (Å²) in [7, 11) is 0. The van der Waals surface area contributed by atoms with Crippen LogP contribution in [0.5, 0.6) is 0 Å². The fraction of sp³-hybridized carbons (Fsp3) is 0.0727. The van der Waals surface area contributed by atoms with Gasteiger partial charge in [0.15, 0.2) is 17.5 Å². The second-order valence-corrected chi connectivity index (χ2v) is 16.3. The topological polar surface area (TPSA) is 43.6 Å². The Morgan fingerprint density at radius 1 is 0.373 bits per heavy atom. The smallest absolute Gasteiger partial charge is 0.164 e. The van der Waals surface area contributed by atoms with Crippen LogP contribution in [0.15, 0.2) is 194 Å². The van der Waals surface area contributed by atoms with Gasteiger partial charge in [-0.3, -0.25) is 0 Å². The minimum absolute atomic E-state index is 0.405. The molecule has 1 unspecified atom stereocenters. The van der Waals surface area contributed by atoms with Crippen LogP contribution in [0, 0.1) is 0 Å². The molecular formula is C55H38N4. The summed E-state index contributed by atoms with van der Waals surface area (Å²) in [5, 5.41) is 2.53. The van der Waals surface area contributed by atoms with Gasteiger partial charge in [-0.05, 0) is 56.6 Å². The number of rotatable bonds is 4. The van der Waals surface area contributed by atoms with Crippen molar-refractivity contribution in [1.82, 2.24) is 19.5 Å². The molecule has 2 aliphatic rings. The van der Waals surface area contributed by atoms with Crippen molar-refractivity contribution in [2.75, 3.05) is 0 Å². The number of hydrogen-bond acceptors (Lipinski definition) is 3.